The molecule has 0 N–H and O–H groups in total. The van der Waals surface area contributed by atoms with Gasteiger partial charge in [-0.15, -0.1) is 0 Å². The first-order valence-corrected chi connectivity index (χ1v) is 11.8. The van der Waals surface area contributed by atoms with Crippen LogP contribution in [0.15, 0.2) is 12.2 Å². The zero-order valence-electron chi connectivity index (χ0n) is 16.8. The van der Waals surface area contributed by atoms with Crippen molar-refractivity contribution < 1.29 is 29.7 Å². The maximum Gasteiger partial charge on any atom is 0.0643 e. The first-order chi connectivity index (χ1) is 12.8. The summed E-state index contributed by atoms with van der Waals surface area (Å²) in [6, 6.07) is 0. The molecule has 0 aromatic rings. The van der Waals surface area contributed by atoms with Crippen LogP contribution in [0.3, 0.4) is 0 Å². The molecule has 0 radical (unpaired) electrons. The Morgan fingerprint density at radius 1 is 0.667 bits per heavy atom. The minimum atomic E-state index is -1.55. The van der Waals surface area contributed by atoms with E-state index in [1.807, 2.05) is 0 Å². The second-order valence-electron chi connectivity index (χ2n) is 6.03. The van der Waals surface area contributed by atoms with Crippen LogP contribution in [0.25, 0.3) is 0 Å². The molecule has 0 aliphatic heterocycles. The molecule has 0 aliphatic carbocycles. The van der Waals surface area contributed by atoms with E-state index < -0.39 is 17.9 Å². The van der Waals surface area contributed by atoms with Gasteiger partial charge in [-0.2, -0.15) is 0 Å². The van der Waals surface area contributed by atoms with E-state index in [9.17, 15) is 29.7 Å². The van der Waals surface area contributed by atoms with Gasteiger partial charge in [-0.3, -0.25) is 0 Å². The summed E-state index contributed by atoms with van der Waals surface area (Å²) >= 11 is 1.68. The van der Waals surface area contributed by atoms with Gasteiger partial charge in [0.25, 0.3) is 0 Å². The van der Waals surface area contributed by atoms with Crippen molar-refractivity contribution in [1.29, 1.82) is 0 Å². The van der Waals surface area contributed by atoms with Gasteiger partial charge in [0.15, 0.2) is 0 Å². The van der Waals surface area contributed by atoms with E-state index in [0.717, 1.165) is 12.8 Å². The topological polar surface area (TPSA) is 120 Å². The Morgan fingerprint density at radius 3 is 1.30 bits per heavy atom. The van der Waals surface area contributed by atoms with Gasteiger partial charge < -0.3 is 29.7 Å². The number of hydrogen-bond acceptors (Lipinski definition) is 6. The Balaban J connectivity index is -0.000000372. The fraction of sp³-hybridized carbons (Fsp3) is 0.750. The number of carboxylic acids is 3. The van der Waals surface area contributed by atoms with Crippen molar-refractivity contribution in [3.63, 3.8) is 0 Å². The smallest absolute Gasteiger partial charge is 0.0643 e. The Morgan fingerprint density at radius 2 is 1.04 bits per heavy atom. The largest absolute Gasteiger partial charge is 0.545 e. The van der Waals surface area contributed by atoms with Crippen LogP contribution in [0, 0.1) is 0 Å². The Bertz CT molecular complexity index is 365. The summed E-state index contributed by atoms with van der Waals surface area (Å²) in [6.07, 6.45) is 14.7. The molecule has 0 saturated carbocycles. The molecule has 0 fully saturated rings. The molecule has 0 amide bonds. The number of carbonyl (C=O) groups is 3. The molecule has 7 heteroatoms. The molecule has 0 atom stereocenters. The maximum atomic E-state index is 10.1. The van der Waals surface area contributed by atoms with E-state index in [1.165, 1.54) is 62.2 Å². The van der Waals surface area contributed by atoms with Gasteiger partial charge in [-0.1, -0.05) is 58.3 Å². The molecule has 0 unspecified atom stereocenters. The fourth-order valence-electron chi connectivity index (χ4n) is 1.89. The van der Waals surface area contributed by atoms with Crippen molar-refractivity contribution in [3.05, 3.63) is 12.2 Å². The average Bonchev–Trinajstić information content (AvgIpc) is 2.60. The van der Waals surface area contributed by atoms with Crippen molar-refractivity contribution in [2.45, 2.75) is 95.3 Å². The van der Waals surface area contributed by atoms with Gasteiger partial charge >= 0.3 is 46.7 Å². The van der Waals surface area contributed by atoms with Crippen LogP contribution in [0.1, 0.15) is 90.9 Å². The molecule has 0 aromatic carbocycles. The third-order valence-corrected chi connectivity index (χ3v) is 4.38. The first-order valence-electron chi connectivity index (χ1n) is 9.76. The van der Waals surface area contributed by atoms with E-state index >= 15 is 0 Å². The number of carbonyl (C=O) groups excluding carboxylic acids is 3. The number of hydrogen-bond donors (Lipinski definition) is 0. The van der Waals surface area contributed by atoms with Crippen molar-refractivity contribution >= 4 is 40.4 Å². The minimum Gasteiger partial charge on any atom is -0.545 e. The van der Waals surface area contributed by atoms with Crippen LogP contribution < -0.4 is 15.3 Å². The van der Waals surface area contributed by atoms with Crippen LogP contribution in [0.2, 0.25) is 4.44 Å². The third kappa shape index (κ3) is 45.7. The van der Waals surface area contributed by atoms with E-state index in [4.69, 9.17) is 0 Å². The van der Waals surface area contributed by atoms with E-state index in [0.29, 0.717) is 12.2 Å². The molecule has 154 valence electrons. The minimum absolute atomic E-state index is 0.232. The van der Waals surface area contributed by atoms with Crippen molar-refractivity contribution in [2.24, 2.45) is 0 Å². The van der Waals surface area contributed by atoms with E-state index in [1.54, 1.807) is 22.5 Å². The third-order valence-electron chi connectivity index (χ3n) is 3.37. The van der Waals surface area contributed by atoms with Crippen molar-refractivity contribution in [2.75, 3.05) is 0 Å². The molecule has 0 rings (SSSR count). The molecule has 0 spiro atoms. The molecule has 0 aliphatic rings. The average molecular weight is 489 g/mol. The predicted molar refractivity (Wildman–Crippen MR) is 101 cm³/mol. The van der Waals surface area contributed by atoms with Gasteiger partial charge in [-0.25, -0.2) is 0 Å². The number of rotatable bonds is 14. The van der Waals surface area contributed by atoms with Gasteiger partial charge in [0.2, 0.25) is 0 Å². The molecule has 6 nitrogen and oxygen atoms in total. The predicted octanol–water partition coefficient (Wildman–Crippen LogP) is 1.07. The zero-order valence-corrected chi connectivity index (χ0v) is 19.7. The molecule has 27 heavy (non-hydrogen) atoms. The summed E-state index contributed by atoms with van der Waals surface area (Å²) in [5.41, 5.74) is 0. The van der Waals surface area contributed by atoms with Crippen molar-refractivity contribution in [1.82, 2.24) is 0 Å². The quantitative estimate of drug-likeness (QED) is 0.205. The van der Waals surface area contributed by atoms with Gasteiger partial charge in [0.05, 0.1) is 11.9 Å². The van der Waals surface area contributed by atoms with Crippen LogP contribution in [-0.2, 0) is 14.4 Å². The second kappa shape index (κ2) is 27.2. The number of carboxylic acid groups (broad SMARTS) is 3. The second-order valence-corrected chi connectivity index (χ2v) is 7.45. The Hall–Kier alpha value is -1.05. The molecule has 0 aromatic heterocycles. The molecular weight excluding hydrogens is 455 g/mol. The summed E-state index contributed by atoms with van der Waals surface area (Å²) in [5, 5.41) is 28.9. The van der Waals surface area contributed by atoms with Gasteiger partial charge in [0, 0.05) is 5.97 Å². The SMILES string of the molecule is CCCCCCCCCCCC(=O)[O-].CCC[CH2][Sn+3].O=C([O-])C=CC(=O)[O-]. The van der Waals surface area contributed by atoms with Crippen LogP contribution in [0.4, 0.5) is 0 Å². The molecule has 0 heterocycles. The number of aliphatic carboxylic acids is 3. The summed E-state index contributed by atoms with van der Waals surface area (Å²) in [6.45, 7) is 4.45. The van der Waals surface area contributed by atoms with Crippen LogP contribution in [-0.4, -0.2) is 40.4 Å². The van der Waals surface area contributed by atoms with Gasteiger partial charge in [-0.05, 0) is 25.0 Å². The van der Waals surface area contributed by atoms with Crippen LogP contribution >= 0.6 is 0 Å². The monoisotopic (exact) mass is 490 g/mol. The van der Waals surface area contributed by atoms with Crippen molar-refractivity contribution in [3.8, 4) is 0 Å². The summed E-state index contributed by atoms with van der Waals surface area (Å²) in [4.78, 5) is 28.9. The summed E-state index contributed by atoms with van der Waals surface area (Å²) in [7, 11) is 0. The Kier molecular flexibility index (Phi) is 30.9. The Labute approximate surface area is 177 Å². The van der Waals surface area contributed by atoms with Crippen LogP contribution in [0.5, 0.6) is 0 Å². The molecule has 0 saturated heterocycles. The molecular formula is C20H34O6Sn. The summed E-state index contributed by atoms with van der Waals surface area (Å²) < 4.78 is 1.43. The zero-order chi connectivity index (χ0) is 21.3. The van der Waals surface area contributed by atoms with E-state index in [2.05, 4.69) is 13.8 Å². The normalized spacial score (nSPS) is 9.78. The first kappa shape index (κ1) is 30.7. The summed E-state index contributed by atoms with van der Waals surface area (Å²) in [5.74, 6) is -4.00. The molecule has 0 bridgehead atoms. The number of unbranched alkanes of at least 4 members (excludes halogenated alkanes) is 9. The fourth-order valence-corrected chi connectivity index (χ4v) is 2.90. The van der Waals surface area contributed by atoms with E-state index in [-0.39, 0.29) is 6.42 Å². The van der Waals surface area contributed by atoms with Gasteiger partial charge in [0.1, 0.15) is 0 Å². The standard InChI is InChI=1S/C12H24O2.C4H4O4.C4H9.Sn/c1-2-3-4-5-6-7-8-9-10-11-12(13)14;5-3(6)1-2-4(7)8;1-3-4-2;/h2-11H2,1H3,(H,13,14);1-2H,(H,5,6)(H,7,8);1,3-4H2,2H3;/q;;;+3/p-3. The maximum absolute atomic E-state index is 10.1.